The average Bonchev–Trinajstić information content (AvgIpc) is 2.85. The van der Waals surface area contributed by atoms with Crippen molar-refractivity contribution >= 4 is 33.1 Å². The summed E-state index contributed by atoms with van der Waals surface area (Å²) in [5.74, 6) is 1.56. The molecule has 0 bridgehead atoms. The highest BCUT2D eigenvalue weighted by molar-refractivity contribution is 6.11. The SMILES string of the molecule is C/C=C(\C)COC(CC)=Nc1ccc2ccccc2c1-c1c(OC)ccc2ccccc12. The van der Waals surface area contributed by atoms with Crippen molar-refractivity contribution in [3.8, 4) is 16.9 Å². The van der Waals surface area contributed by atoms with E-state index >= 15 is 0 Å². The summed E-state index contributed by atoms with van der Waals surface area (Å²) in [6, 6.07) is 25.2. The molecular formula is C29H29NO2. The molecule has 0 spiro atoms. The predicted molar refractivity (Wildman–Crippen MR) is 136 cm³/mol. The fraction of sp³-hybridized carbons (Fsp3) is 0.207. The van der Waals surface area contributed by atoms with E-state index in [-0.39, 0.29) is 0 Å². The van der Waals surface area contributed by atoms with Crippen LogP contribution in [0.15, 0.2) is 89.4 Å². The molecule has 32 heavy (non-hydrogen) atoms. The van der Waals surface area contributed by atoms with Crippen LogP contribution in [0.4, 0.5) is 5.69 Å². The summed E-state index contributed by atoms with van der Waals surface area (Å²) in [5.41, 5.74) is 4.18. The first-order chi connectivity index (χ1) is 15.7. The van der Waals surface area contributed by atoms with E-state index < -0.39 is 0 Å². The van der Waals surface area contributed by atoms with Gasteiger partial charge in [-0.15, -0.1) is 0 Å². The van der Waals surface area contributed by atoms with Gasteiger partial charge in [-0.25, -0.2) is 4.99 Å². The van der Waals surface area contributed by atoms with Crippen LogP contribution in [0.25, 0.3) is 32.7 Å². The molecule has 0 amide bonds. The molecule has 0 aromatic heterocycles. The summed E-state index contributed by atoms with van der Waals surface area (Å²) >= 11 is 0. The van der Waals surface area contributed by atoms with Gasteiger partial charge in [0.25, 0.3) is 0 Å². The number of rotatable bonds is 6. The molecule has 4 aromatic carbocycles. The average molecular weight is 424 g/mol. The van der Waals surface area contributed by atoms with Gasteiger partial charge >= 0.3 is 0 Å². The quantitative estimate of drug-likeness (QED) is 0.178. The molecule has 0 fully saturated rings. The van der Waals surface area contributed by atoms with Crippen molar-refractivity contribution < 1.29 is 9.47 Å². The summed E-state index contributed by atoms with van der Waals surface area (Å²) in [6.45, 7) is 6.71. The monoisotopic (exact) mass is 423 g/mol. The smallest absolute Gasteiger partial charge is 0.188 e. The van der Waals surface area contributed by atoms with Crippen LogP contribution in [0, 0.1) is 0 Å². The van der Waals surface area contributed by atoms with Crippen molar-refractivity contribution in [1.29, 1.82) is 0 Å². The van der Waals surface area contributed by atoms with E-state index in [1.54, 1.807) is 7.11 Å². The zero-order valence-electron chi connectivity index (χ0n) is 19.2. The Hall–Kier alpha value is -3.59. The summed E-state index contributed by atoms with van der Waals surface area (Å²) < 4.78 is 11.9. The third-order valence-corrected chi connectivity index (χ3v) is 5.77. The lowest BCUT2D eigenvalue weighted by Gasteiger charge is -2.17. The first kappa shape index (κ1) is 21.6. The molecule has 0 atom stereocenters. The first-order valence-electron chi connectivity index (χ1n) is 11.1. The maximum atomic E-state index is 6.05. The highest BCUT2D eigenvalue weighted by Crippen LogP contribution is 2.45. The number of benzene rings is 4. The van der Waals surface area contributed by atoms with E-state index in [9.17, 15) is 0 Å². The second-order valence-corrected chi connectivity index (χ2v) is 7.83. The number of ether oxygens (including phenoxy) is 2. The van der Waals surface area contributed by atoms with Gasteiger partial charge in [0.2, 0.25) is 0 Å². The van der Waals surface area contributed by atoms with Crippen LogP contribution in [0.1, 0.15) is 27.2 Å². The maximum absolute atomic E-state index is 6.05. The van der Waals surface area contributed by atoms with Crippen molar-refractivity contribution in [1.82, 2.24) is 0 Å². The third kappa shape index (κ3) is 4.24. The van der Waals surface area contributed by atoms with Gasteiger partial charge in [0.05, 0.1) is 12.8 Å². The Kier molecular flexibility index (Phi) is 6.55. The predicted octanol–water partition coefficient (Wildman–Crippen LogP) is 8.09. The van der Waals surface area contributed by atoms with Gasteiger partial charge in [-0.1, -0.05) is 73.7 Å². The number of allylic oxidation sites excluding steroid dienone is 1. The van der Waals surface area contributed by atoms with Gasteiger partial charge in [-0.2, -0.15) is 0 Å². The summed E-state index contributed by atoms with van der Waals surface area (Å²) in [6.07, 6.45) is 2.78. The molecule has 3 heteroatoms. The van der Waals surface area contributed by atoms with Crippen LogP contribution < -0.4 is 4.74 Å². The normalized spacial score (nSPS) is 12.4. The van der Waals surface area contributed by atoms with Crippen LogP contribution in [0.5, 0.6) is 5.75 Å². The number of aliphatic imine (C=N–C) groups is 1. The molecule has 0 radical (unpaired) electrons. The summed E-state index contributed by atoms with van der Waals surface area (Å²) in [7, 11) is 1.72. The van der Waals surface area contributed by atoms with E-state index in [0.717, 1.165) is 45.7 Å². The Balaban J connectivity index is 2.01. The molecular weight excluding hydrogens is 394 g/mol. The lowest BCUT2D eigenvalue weighted by atomic mass is 9.91. The van der Waals surface area contributed by atoms with Crippen molar-refractivity contribution in [2.45, 2.75) is 27.2 Å². The zero-order valence-corrected chi connectivity index (χ0v) is 19.2. The van der Waals surface area contributed by atoms with Crippen molar-refractivity contribution in [2.75, 3.05) is 13.7 Å². The number of hydrogen-bond donors (Lipinski definition) is 0. The van der Waals surface area contributed by atoms with Gasteiger partial charge in [0.1, 0.15) is 12.4 Å². The van der Waals surface area contributed by atoms with Gasteiger partial charge in [-0.3, -0.25) is 0 Å². The molecule has 4 aromatic rings. The molecule has 0 heterocycles. The van der Waals surface area contributed by atoms with Gasteiger partial charge in [0, 0.05) is 17.5 Å². The van der Waals surface area contributed by atoms with Crippen LogP contribution in [0.2, 0.25) is 0 Å². The lowest BCUT2D eigenvalue weighted by molar-refractivity contribution is 0.331. The molecule has 0 unspecified atom stereocenters. The Morgan fingerprint density at radius 1 is 0.844 bits per heavy atom. The molecule has 0 saturated carbocycles. The summed E-state index contributed by atoms with van der Waals surface area (Å²) in [5, 5.41) is 4.62. The van der Waals surface area contributed by atoms with Crippen LogP contribution in [-0.4, -0.2) is 19.6 Å². The highest BCUT2D eigenvalue weighted by atomic mass is 16.5. The van der Waals surface area contributed by atoms with Crippen LogP contribution >= 0.6 is 0 Å². The summed E-state index contributed by atoms with van der Waals surface area (Å²) in [4.78, 5) is 5.00. The zero-order chi connectivity index (χ0) is 22.5. The van der Waals surface area contributed by atoms with Crippen LogP contribution in [-0.2, 0) is 4.74 Å². The van der Waals surface area contributed by atoms with Crippen molar-refractivity contribution in [2.24, 2.45) is 4.99 Å². The maximum Gasteiger partial charge on any atom is 0.188 e. The molecule has 0 saturated heterocycles. The number of methoxy groups -OCH3 is 1. The topological polar surface area (TPSA) is 30.8 Å². The number of hydrogen-bond acceptors (Lipinski definition) is 3. The molecule has 0 aliphatic carbocycles. The second-order valence-electron chi connectivity index (χ2n) is 7.83. The van der Waals surface area contributed by atoms with E-state index in [0.29, 0.717) is 6.61 Å². The highest BCUT2D eigenvalue weighted by Gasteiger charge is 2.18. The first-order valence-corrected chi connectivity index (χ1v) is 11.1. The van der Waals surface area contributed by atoms with E-state index in [4.69, 9.17) is 14.5 Å². The molecule has 0 N–H and O–H groups in total. The van der Waals surface area contributed by atoms with E-state index in [1.165, 1.54) is 16.3 Å². The van der Waals surface area contributed by atoms with E-state index in [1.807, 2.05) is 13.0 Å². The fourth-order valence-electron chi connectivity index (χ4n) is 3.92. The number of fused-ring (bicyclic) bond motifs is 2. The van der Waals surface area contributed by atoms with Gasteiger partial charge in [-0.05, 0) is 53.1 Å². The Morgan fingerprint density at radius 3 is 2.09 bits per heavy atom. The van der Waals surface area contributed by atoms with Gasteiger partial charge < -0.3 is 9.47 Å². The number of nitrogens with zero attached hydrogens (tertiary/aromatic N) is 1. The molecule has 0 aliphatic heterocycles. The fourth-order valence-corrected chi connectivity index (χ4v) is 3.92. The van der Waals surface area contributed by atoms with Gasteiger partial charge in [0.15, 0.2) is 5.90 Å². The Morgan fingerprint density at radius 2 is 1.47 bits per heavy atom. The Bertz CT molecular complexity index is 1320. The minimum absolute atomic E-state index is 0.545. The van der Waals surface area contributed by atoms with Crippen LogP contribution in [0.3, 0.4) is 0 Å². The van der Waals surface area contributed by atoms with Crippen molar-refractivity contribution in [3.63, 3.8) is 0 Å². The third-order valence-electron chi connectivity index (χ3n) is 5.77. The minimum atomic E-state index is 0.545. The van der Waals surface area contributed by atoms with E-state index in [2.05, 4.69) is 86.7 Å². The van der Waals surface area contributed by atoms with Crippen molar-refractivity contribution in [3.05, 3.63) is 84.4 Å². The molecule has 0 aliphatic rings. The molecule has 4 rings (SSSR count). The second kappa shape index (κ2) is 9.69. The Labute approximate surface area is 190 Å². The minimum Gasteiger partial charge on any atom is -0.496 e. The lowest BCUT2D eigenvalue weighted by Crippen LogP contribution is -2.05. The molecule has 3 nitrogen and oxygen atoms in total. The largest absolute Gasteiger partial charge is 0.496 e. The standard InChI is InChI=1S/C29H29NO2/c1-5-20(3)19-32-27(6-2)30-25-17-15-21-11-7-9-13-23(21)28(25)29-24-14-10-8-12-22(24)16-18-26(29)31-4/h5,7-18H,6,19H2,1-4H3/b20-5+,30-27?. The molecule has 162 valence electrons.